The van der Waals surface area contributed by atoms with Crippen molar-refractivity contribution in [1.82, 2.24) is 4.98 Å². The lowest BCUT2D eigenvalue weighted by molar-refractivity contribution is 0.290. The molecule has 3 aromatic rings. The monoisotopic (exact) mass is 427 g/mol. The number of benzene rings is 2. The van der Waals surface area contributed by atoms with Crippen molar-refractivity contribution in [2.45, 2.75) is 38.9 Å². The van der Waals surface area contributed by atoms with E-state index in [-0.39, 0.29) is 0 Å². The number of hydrogen-bond acceptors (Lipinski definition) is 5. The predicted octanol–water partition coefficient (Wildman–Crippen LogP) is 5.65. The van der Waals surface area contributed by atoms with Gasteiger partial charge in [0.1, 0.15) is 24.7 Å². The highest BCUT2D eigenvalue weighted by molar-refractivity contribution is 5.80. The molecule has 0 aliphatic carbocycles. The number of aromatic nitrogens is 1. The molecule has 0 saturated carbocycles. The van der Waals surface area contributed by atoms with Gasteiger partial charge in [0, 0.05) is 25.5 Å². The van der Waals surface area contributed by atoms with E-state index in [0.717, 1.165) is 59.9 Å². The van der Waals surface area contributed by atoms with Gasteiger partial charge in [0.05, 0.1) is 11.4 Å². The van der Waals surface area contributed by atoms with Gasteiger partial charge >= 0.3 is 0 Å². The zero-order chi connectivity index (χ0) is 21.8. The fourth-order valence-corrected chi connectivity index (χ4v) is 3.40. The van der Waals surface area contributed by atoms with Crippen LogP contribution in [0.15, 0.2) is 76.7 Å². The second kappa shape index (κ2) is 11.8. The molecule has 4 aliphatic rings. The van der Waals surface area contributed by atoms with Crippen LogP contribution in [0.2, 0.25) is 0 Å². The van der Waals surface area contributed by atoms with E-state index in [1.54, 1.807) is 0 Å². The maximum absolute atomic E-state index is 5.91. The second-order valence-electron chi connectivity index (χ2n) is 7.82. The summed E-state index contributed by atoms with van der Waals surface area (Å²) in [6, 6.07) is 21.9. The first kappa shape index (κ1) is 21.8. The lowest BCUT2D eigenvalue weighted by atomic mass is 10.2. The molecule has 0 fully saturated rings. The summed E-state index contributed by atoms with van der Waals surface area (Å²) in [4.78, 5) is 13.7. The van der Waals surface area contributed by atoms with Crippen molar-refractivity contribution in [2.75, 3.05) is 13.1 Å². The number of rotatable bonds is 0. The molecule has 32 heavy (non-hydrogen) atoms. The molecule has 5 heterocycles. The Morgan fingerprint density at radius 3 is 1.47 bits per heavy atom. The van der Waals surface area contributed by atoms with Crippen molar-refractivity contribution < 1.29 is 9.47 Å². The van der Waals surface area contributed by atoms with Crippen molar-refractivity contribution in [1.29, 1.82) is 0 Å². The zero-order valence-electron chi connectivity index (χ0n) is 18.3. The van der Waals surface area contributed by atoms with Gasteiger partial charge in [0.2, 0.25) is 0 Å². The van der Waals surface area contributed by atoms with Crippen molar-refractivity contribution in [3.8, 4) is 11.5 Å². The third-order valence-electron chi connectivity index (χ3n) is 5.20. The summed E-state index contributed by atoms with van der Waals surface area (Å²) in [6.45, 7) is 2.54. The van der Waals surface area contributed by atoms with Gasteiger partial charge in [-0.2, -0.15) is 0 Å². The highest BCUT2D eigenvalue weighted by Gasteiger charge is 2.02. The standard InChI is InChI=1S/C27H29N3O2/c1-2-4-17-29-19-23-10-14-27(15-11-23)32-21-25-7-5-6-24(30-25)20-31-26-12-8-22(9-13-26)18-28-16-3-1/h5-15,18-19H,1-4,16-17,20-21H2. The SMILES string of the molecule is C1=NCCCCCCN=Cc2ccc(cc2)OCc2cccc(n2)COc2ccc1cc2. The van der Waals surface area contributed by atoms with Gasteiger partial charge in [-0.15, -0.1) is 0 Å². The summed E-state index contributed by atoms with van der Waals surface area (Å²) >= 11 is 0. The summed E-state index contributed by atoms with van der Waals surface area (Å²) in [5.74, 6) is 1.64. The molecule has 1 aromatic heterocycles. The van der Waals surface area contributed by atoms with E-state index in [4.69, 9.17) is 9.47 Å². The maximum atomic E-state index is 5.91. The first-order valence-electron chi connectivity index (χ1n) is 11.3. The van der Waals surface area contributed by atoms with E-state index in [0.29, 0.717) is 13.2 Å². The molecule has 4 aliphatic heterocycles. The number of hydrogen-bond donors (Lipinski definition) is 0. The molecule has 0 spiro atoms. The van der Waals surface area contributed by atoms with Crippen molar-refractivity contribution in [3.05, 3.63) is 89.2 Å². The van der Waals surface area contributed by atoms with Crippen LogP contribution in [-0.4, -0.2) is 30.5 Å². The summed E-state index contributed by atoms with van der Waals surface area (Å²) in [7, 11) is 0. The molecule has 5 nitrogen and oxygen atoms in total. The molecule has 2 aromatic carbocycles. The Hall–Kier alpha value is -3.47. The smallest absolute Gasteiger partial charge is 0.130 e. The first-order valence-corrected chi connectivity index (χ1v) is 11.3. The van der Waals surface area contributed by atoms with Gasteiger partial charge < -0.3 is 9.47 Å². The molecule has 5 heteroatoms. The highest BCUT2D eigenvalue weighted by atomic mass is 16.5. The molecule has 6 bridgehead atoms. The minimum atomic E-state index is 0.412. The van der Waals surface area contributed by atoms with E-state index >= 15 is 0 Å². The Bertz CT molecular complexity index is 947. The van der Waals surface area contributed by atoms with Crippen LogP contribution in [0, 0.1) is 0 Å². The van der Waals surface area contributed by atoms with Crippen LogP contribution in [0.3, 0.4) is 0 Å². The van der Waals surface area contributed by atoms with Crippen molar-refractivity contribution in [2.24, 2.45) is 9.98 Å². The molecule has 0 unspecified atom stereocenters. The van der Waals surface area contributed by atoms with Crippen LogP contribution in [0.1, 0.15) is 48.2 Å². The molecular weight excluding hydrogens is 398 g/mol. The zero-order valence-corrected chi connectivity index (χ0v) is 18.3. The molecule has 0 atom stereocenters. The molecule has 0 radical (unpaired) electrons. The number of ether oxygens (including phenoxy) is 2. The number of nitrogens with zero attached hydrogens (tertiary/aromatic N) is 3. The van der Waals surface area contributed by atoms with Crippen LogP contribution in [0.5, 0.6) is 11.5 Å². The van der Waals surface area contributed by atoms with Crippen molar-refractivity contribution in [3.63, 3.8) is 0 Å². The van der Waals surface area contributed by atoms with E-state index in [2.05, 4.69) is 15.0 Å². The maximum Gasteiger partial charge on any atom is 0.130 e. The van der Waals surface area contributed by atoms with Gasteiger partial charge in [-0.05, 0) is 84.6 Å². The first-order chi connectivity index (χ1) is 15.8. The fourth-order valence-electron chi connectivity index (χ4n) is 3.40. The Kier molecular flexibility index (Phi) is 8.02. The third kappa shape index (κ3) is 7.05. The quantitative estimate of drug-likeness (QED) is 0.466. The third-order valence-corrected chi connectivity index (χ3v) is 5.20. The molecule has 7 rings (SSSR count). The average molecular weight is 428 g/mol. The molecular formula is C27H29N3O2. The number of aliphatic imine (C=N–C) groups is 2. The van der Waals surface area contributed by atoms with Gasteiger partial charge in [0.25, 0.3) is 0 Å². The molecule has 0 amide bonds. The van der Waals surface area contributed by atoms with E-state index in [9.17, 15) is 0 Å². The van der Waals surface area contributed by atoms with E-state index in [1.807, 2.05) is 79.2 Å². The van der Waals surface area contributed by atoms with Gasteiger partial charge in [0.15, 0.2) is 0 Å². The lowest BCUT2D eigenvalue weighted by Crippen LogP contribution is -2.03. The van der Waals surface area contributed by atoms with Crippen LogP contribution in [0.4, 0.5) is 0 Å². The fraction of sp³-hybridized carbons (Fsp3) is 0.296. The topological polar surface area (TPSA) is 56.1 Å². The molecule has 0 N–H and O–H groups in total. The van der Waals surface area contributed by atoms with E-state index in [1.165, 1.54) is 12.8 Å². The Balaban J connectivity index is 1.44. The summed E-state index contributed by atoms with van der Waals surface area (Å²) in [5.41, 5.74) is 3.91. The Morgan fingerprint density at radius 1 is 0.531 bits per heavy atom. The van der Waals surface area contributed by atoms with Gasteiger partial charge in [-0.25, -0.2) is 0 Å². The highest BCUT2D eigenvalue weighted by Crippen LogP contribution is 2.15. The van der Waals surface area contributed by atoms with Gasteiger partial charge in [-0.3, -0.25) is 15.0 Å². The Labute approximate surface area is 189 Å². The molecule has 0 saturated heterocycles. The largest absolute Gasteiger partial charge is 0.487 e. The summed E-state index contributed by atoms with van der Waals surface area (Å²) in [6.07, 6.45) is 8.45. The molecule has 164 valence electrons. The van der Waals surface area contributed by atoms with Crippen LogP contribution in [0.25, 0.3) is 0 Å². The predicted molar refractivity (Wildman–Crippen MR) is 129 cm³/mol. The minimum absolute atomic E-state index is 0.412. The summed E-state index contributed by atoms with van der Waals surface area (Å²) < 4.78 is 11.8. The second-order valence-corrected chi connectivity index (χ2v) is 7.82. The van der Waals surface area contributed by atoms with Crippen LogP contribution < -0.4 is 9.47 Å². The summed E-state index contributed by atoms with van der Waals surface area (Å²) in [5, 5.41) is 0. The van der Waals surface area contributed by atoms with Gasteiger partial charge in [-0.1, -0.05) is 18.9 Å². The van der Waals surface area contributed by atoms with Crippen LogP contribution >= 0.6 is 0 Å². The minimum Gasteiger partial charge on any atom is -0.487 e. The van der Waals surface area contributed by atoms with Crippen molar-refractivity contribution >= 4 is 12.4 Å². The average Bonchev–Trinajstić information content (AvgIpc) is 2.84. The number of pyridine rings is 1. The van der Waals surface area contributed by atoms with E-state index < -0.39 is 0 Å². The normalized spacial score (nSPS) is 15.4. The van der Waals surface area contributed by atoms with Crippen LogP contribution in [-0.2, 0) is 13.2 Å². The lowest BCUT2D eigenvalue weighted by Gasteiger charge is -2.09. The Morgan fingerprint density at radius 2 is 1.00 bits per heavy atom.